The van der Waals surface area contributed by atoms with E-state index in [0.717, 1.165) is 24.3 Å². The molecule has 2 nitrogen and oxygen atoms in total. The molecule has 0 saturated heterocycles. The SMILES string of the molecule is CCCCCCC(=O)Oc1ccc(-c2ccc(C3=CCC(CC)CC3)cc2)cc1. The highest BCUT2D eigenvalue weighted by Crippen LogP contribution is 2.32. The molecule has 1 aliphatic carbocycles. The molecule has 0 amide bonds. The second kappa shape index (κ2) is 11.0. The Morgan fingerprint density at radius 2 is 1.55 bits per heavy atom. The average Bonchev–Trinajstić information content (AvgIpc) is 2.77. The minimum Gasteiger partial charge on any atom is -0.427 e. The maximum absolute atomic E-state index is 11.9. The quantitative estimate of drug-likeness (QED) is 0.248. The normalized spacial score (nSPS) is 16.3. The highest BCUT2D eigenvalue weighted by Gasteiger charge is 2.13. The fourth-order valence-electron chi connectivity index (χ4n) is 3.99. The summed E-state index contributed by atoms with van der Waals surface area (Å²) in [5.74, 6) is 1.36. The minimum atomic E-state index is -0.135. The predicted molar refractivity (Wildman–Crippen MR) is 122 cm³/mol. The summed E-state index contributed by atoms with van der Waals surface area (Å²) in [7, 11) is 0. The van der Waals surface area contributed by atoms with Crippen LogP contribution in [0.1, 0.15) is 77.2 Å². The molecule has 0 bridgehead atoms. The van der Waals surface area contributed by atoms with E-state index in [2.05, 4.69) is 44.2 Å². The zero-order valence-electron chi connectivity index (χ0n) is 18.0. The molecule has 0 aromatic heterocycles. The van der Waals surface area contributed by atoms with Gasteiger partial charge in [-0.3, -0.25) is 4.79 Å². The van der Waals surface area contributed by atoms with Crippen LogP contribution in [0.5, 0.6) is 5.75 Å². The smallest absolute Gasteiger partial charge is 0.311 e. The monoisotopic (exact) mass is 390 g/mol. The predicted octanol–water partition coefficient (Wildman–Crippen LogP) is 7.82. The number of hydrogen-bond donors (Lipinski definition) is 0. The van der Waals surface area contributed by atoms with Gasteiger partial charge in [0.15, 0.2) is 0 Å². The zero-order valence-corrected chi connectivity index (χ0v) is 18.0. The molecule has 0 N–H and O–H groups in total. The lowest BCUT2D eigenvalue weighted by Crippen LogP contribution is -2.07. The molecule has 2 heteroatoms. The zero-order chi connectivity index (χ0) is 20.5. The van der Waals surface area contributed by atoms with Crippen LogP contribution in [0.4, 0.5) is 0 Å². The molecule has 0 spiro atoms. The molecule has 0 heterocycles. The topological polar surface area (TPSA) is 26.3 Å². The molecule has 2 aromatic rings. The van der Waals surface area contributed by atoms with Gasteiger partial charge in [0.2, 0.25) is 0 Å². The van der Waals surface area contributed by atoms with Crippen LogP contribution in [0.15, 0.2) is 54.6 Å². The Hall–Kier alpha value is -2.35. The van der Waals surface area contributed by atoms with Gasteiger partial charge < -0.3 is 4.74 Å². The first kappa shape index (κ1) is 21.4. The Morgan fingerprint density at radius 3 is 2.14 bits per heavy atom. The number of hydrogen-bond acceptors (Lipinski definition) is 2. The van der Waals surface area contributed by atoms with E-state index in [0.29, 0.717) is 12.2 Å². The molecule has 0 fully saturated rings. The first-order valence-corrected chi connectivity index (χ1v) is 11.3. The van der Waals surface area contributed by atoms with Gasteiger partial charge in [0.05, 0.1) is 0 Å². The summed E-state index contributed by atoms with van der Waals surface area (Å²) in [5, 5.41) is 0. The number of esters is 1. The van der Waals surface area contributed by atoms with Crippen LogP contribution in [0.3, 0.4) is 0 Å². The molecular formula is C27H34O2. The summed E-state index contributed by atoms with van der Waals surface area (Å²) >= 11 is 0. The van der Waals surface area contributed by atoms with Gasteiger partial charge in [0, 0.05) is 6.42 Å². The van der Waals surface area contributed by atoms with Gasteiger partial charge >= 0.3 is 5.97 Å². The molecule has 0 radical (unpaired) electrons. The third-order valence-electron chi connectivity index (χ3n) is 6.01. The lowest BCUT2D eigenvalue weighted by molar-refractivity contribution is -0.134. The van der Waals surface area contributed by atoms with Gasteiger partial charge in [-0.2, -0.15) is 0 Å². The van der Waals surface area contributed by atoms with Crippen LogP contribution in [0.2, 0.25) is 0 Å². The summed E-state index contributed by atoms with van der Waals surface area (Å²) in [6.07, 6.45) is 12.3. The second-order valence-electron chi connectivity index (χ2n) is 8.16. The molecule has 1 unspecified atom stereocenters. The van der Waals surface area contributed by atoms with Crippen molar-refractivity contribution in [2.75, 3.05) is 0 Å². The Morgan fingerprint density at radius 1 is 0.897 bits per heavy atom. The Bertz CT molecular complexity index is 799. The van der Waals surface area contributed by atoms with Crippen molar-refractivity contribution in [1.29, 1.82) is 0 Å². The van der Waals surface area contributed by atoms with E-state index < -0.39 is 0 Å². The molecule has 1 atom stereocenters. The van der Waals surface area contributed by atoms with Crippen LogP contribution in [-0.4, -0.2) is 5.97 Å². The van der Waals surface area contributed by atoms with Crippen molar-refractivity contribution in [1.82, 2.24) is 0 Å². The van der Waals surface area contributed by atoms with Crippen LogP contribution in [0, 0.1) is 5.92 Å². The summed E-state index contributed by atoms with van der Waals surface area (Å²) in [6.45, 7) is 4.46. The van der Waals surface area contributed by atoms with Gasteiger partial charge in [-0.15, -0.1) is 0 Å². The van der Waals surface area contributed by atoms with Gasteiger partial charge in [-0.25, -0.2) is 0 Å². The van der Waals surface area contributed by atoms with Crippen molar-refractivity contribution < 1.29 is 9.53 Å². The first-order chi connectivity index (χ1) is 14.2. The number of carbonyl (C=O) groups excluding carboxylic acids is 1. The number of unbranched alkanes of at least 4 members (excludes halogenated alkanes) is 3. The van der Waals surface area contributed by atoms with Crippen LogP contribution in [-0.2, 0) is 4.79 Å². The van der Waals surface area contributed by atoms with Crippen molar-refractivity contribution in [2.24, 2.45) is 5.92 Å². The molecule has 3 rings (SSSR count). The molecular weight excluding hydrogens is 356 g/mol. The van der Waals surface area contributed by atoms with Gasteiger partial charge in [0.1, 0.15) is 5.75 Å². The lowest BCUT2D eigenvalue weighted by Gasteiger charge is -2.20. The lowest BCUT2D eigenvalue weighted by atomic mass is 9.85. The largest absolute Gasteiger partial charge is 0.427 e. The number of benzene rings is 2. The first-order valence-electron chi connectivity index (χ1n) is 11.3. The average molecular weight is 391 g/mol. The third-order valence-corrected chi connectivity index (χ3v) is 6.01. The number of ether oxygens (including phenoxy) is 1. The van der Waals surface area contributed by atoms with Crippen molar-refractivity contribution in [3.63, 3.8) is 0 Å². The second-order valence-corrected chi connectivity index (χ2v) is 8.16. The number of allylic oxidation sites excluding steroid dienone is 2. The van der Waals surface area contributed by atoms with Crippen LogP contribution in [0.25, 0.3) is 16.7 Å². The van der Waals surface area contributed by atoms with E-state index in [9.17, 15) is 4.79 Å². The summed E-state index contributed by atoms with van der Waals surface area (Å²) in [6, 6.07) is 16.7. The van der Waals surface area contributed by atoms with Crippen molar-refractivity contribution >= 4 is 11.5 Å². The van der Waals surface area contributed by atoms with Crippen molar-refractivity contribution in [3.05, 3.63) is 60.2 Å². The van der Waals surface area contributed by atoms with Gasteiger partial charge in [0.25, 0.3) is 0 Å². The standard InChI is InChI=1S/C27H34O2/c1-3-5-6-7-8-27(28)29-26-19-17-25(18-20-26)24-15-13-23(14-16-24)22-11-9-21(4-2)10-12-22/h11,13-21H,3-10,12H2,1-2H3. The van der Waals surface area contributed by atoms with Gasteiger partial charge in [-0.1, -0.05) is 82.0 Å². The molecule has 154 valence electrons. The van der Waals surface area contributed by atoms with Gasteiger partial charge in [-0.05, 0) is 66.0 Å². The summed E-state index contributed by atoms with van der Waals surface area (Å²) in [5.41, 5.74) is 5.16. The highest BCUT2D eigenvalue weighted by atomic mass is 16.5. The molecule has 0 saturated carbocycles. The minimum absolute atomic E-state index is 0.135. The molecule has 0 aliphatic heterocycles. The highest BCUT2D eigenvalue weighted by molar-refractivity contribution is 5.73. The maximum atomic E-state index is 11.9. The Kier molecular flexibility index (Phi) is 8.10. The molecule has 1 aliphatic rings. The van der Waals surface area contributed by atoms with Crippen molar-refractivity contribution in [3.8, 4) is 16.9 Å². The van der Waals surface area contributed by atoms with E-state index in [1.807, 2.05) is 24.3 Å². The summed E-state index contributed by atoms with van der Waals surface area (Å²) < 4.78 is 5.46. The van der Waals surface area contributed by atoms with E-state index in [-0.39, 0.29) is 5.97 Å². The maximum Gasteiger partial charge on any atom is 0.311 e. The number of carbonyl (C=O) groups is 1. The van der Waals surface area contributed by atoms with Crippen LogP contribution < -0.4 is 4.74 Å². The van der Waals surface area contributed by atoms with Crippen molar-refractivity contribution in [2.45, 2.75) is 71.6 Å². The Labute approximate surface area is 176 Å². The van der Waals surface area contributed by atoms with E-state index >= 15 is 0 Å². The fraction of sp³-hybridized carbons (Fsp3) is 0.444. The van der Waals surface area contributed by atoms with Crippen LogP contribution >= 0.6 is 0 Å². The number of rotatable bonds is 9. The third kappa shape index (κ3) is 6.32. The Balaban J connectivity index is 1.56. The van der Waals surface area contributed by atoms with E-state index in [1.54, 1.807) is 0 Å². The summed E-state index contributed by atoms with van der Waals surface area (Å²) in [4.78, 5) is 11.9. The van der Waals surface area contributed by atoms with E-state index in [1.165, 1.54) is 55.2 Å². The van der Waals surface area contributed by atoms with E-state index in [4.69, 9.17) is 4.74 Å². The molecule has 2 aromatic carbocycles. The molecule has 29 heavy (non-hydrogen) atoms. The fourth-order valence-corrected chi connectivity index (χ4v) is 3.99.